The second-order valence-corrected chi connectivity index (χ2v) is 8.95. The van der Waals surface area contributed by atoms with Gasteiger partial charge in [-0.25, -0.2) is 9.48 Å². The summed E-state index contributed by atoms with van der Waals surface area (Å²) in [5.41, 5.74) is 3.74. The van der Waals surface area contributed by atoms with Crippen molar-refractivity contribution < 1.29 is 29.0 Å². The van der Waals surface area contributed by atoms with Gasteiger partial charge in [0.25, 0.3) is 0 Å². The summed E-state index contributed by atoms with van der Waals surface area (Å²) >= 11 is 0. The number of anilines is 2. The molecule has 200 valence electrons. The van der Waals surface area contributed by atoms with E-state index < -0.39 is 5.97 Å². The first-order chi connectivity index (χ1) is 18.5. The molecule has 0 bridgehead atoms. The number of carbonyl (C=O) groups is 3. The molecule has 1 aromatic heterocycles. The van der Waals surface area contributed by atoms with Gasteiger partial charge in [0.1, 0.15) is 12.4 Å². The van der Waals surface area contributed by atoms with Crippen molar-refractivity contribution in [2.24, 2.45) is 0 Å². The smallest absolute Gasteiger partial charge is 0.359 e. The lowest BCUT2D eigenvalue weighted by molar-refractivity contribution is -0.119. The predicted octanol–water partition coefficient (Wildman–Crippen LogP) is 3.06. The third kappa shape index (κ3) is 5.86. The number of hydrogen-bond donors (Lipinski definition) is 1. The molecule has 1 aliphatic rings. The zero-order valence-electron chi connectivity index (χ0n) is 21.6. The first-order valence-corrected chi connectivity index (χ1v) is 12.6. The molecule has 1 saturated heterocycles. The summed E-state index contributed by atoms with van der Waals surface area (Å²) in [6, 6.07) is 14.6. The molecule has 10 nitrogen and oxygen atoms in total. The fourth-order valence-corrected chi connectivity index (χ4v) is 4.56. The maximum absolute atomic E-state index is 12.8. The second-order valence-electron chi connectivity index (χ2n) is 8.95. The fraction of sp³-hybridized carbons (Fsp3) is 0.357. The van der Waals surface area contributed by atoms with E-state index in [-0.39, 0.29) is 24.8 Å². The minimum absolute atomic E-state index is 0.112. The van der Waals surface area contributed by atoms with Gasteiger partial charge >= 0.3 is 5.97 Å². The maximum Gasteiger partial charge on any atom is 0.359 e. The molecule has 1 fully saturated rings. The van der Waals surface area contributed by atoms with Gasteiger partial charge in [-0.2, -0.15) is 5.10 Å². The normalized spacial score (nSPS) is 13.3. The Morgan fingerprint density at radius 2 is 1.82 bits per heavy atom. The molecule has 2 heterocycles. The lowest BCUT2D eigenvalue weighted by Crippen LogP contribution is -2.35. The number of hydrogen-bond acceptors (Lipinski definition) is 7. The van der Waals surface area contributed by atoms with Crippen LogP contribution in [-0.4, -0.2) is 66.6 Å². The number of benzene rings is 2. The van der Waals surface area contributed by atoms with Crippen LogP contribution < -0.4 is 14.5 Å². The van der Waals surface area contributed by atoms with Crippen LogP contribution >= 0.6 is 0 Å². The highest BCUT2D eigenvalue weighted by molar-refractivity contribution is 5.94. The van der Waals surface area contributed by atoms with E-state index >= 15 is 0 Å². The van der Waals surface area contributed by atoms with Crippen LogP contribution in [-0.2, 0) is 20.7 Å². The number of ether oxygens (including phenoxy) is 2. The Bertz CT molecular complexity index is 1270. The van der Waals surface area contributed by atoms with Crippen molar-refractivity contribution in [3.63, 3.8) is 0 Å². The molecule has 2 aromatic carbocycles. The van der Waals surface area contributed by atoms with E-state index in [9.17, 15) is 14.4 Å². The summed E-state index contributed by atoms with van der Waals surface area (Å²) in [5, 5.41) is 13.6. The highest BCUT2D eigenvalue weighted by Crippen LogP contribution is 2.26. The third-order valence-corrected chi connectivity index (χ3v) is 6.62. The van der Waals surface area contributed by atoms with Crippen molar-refractivity contribution in [2.75, 3.05) is 43.2 Å². The van der Waals surface area contributed by atoms with Crippen LogP contribution in [0.1, 0.15) is 41.0 Å². The van der Waals surface area contributed by atoms with Gasteiger partial charge in [0.05, 0.1) is 19.4 Å². The number of methoxy groups -OCH3 is 1. The maximum atomic E-state index is 12.8. The summed E-state index contributed by atoms with van der Waals surface area (Å²) in [6.07, 6.45) is 3.52. The molecular formula is C28H32N4O6. The summed E-state index contributed by atoms with van der Waals surface area (Å²) in [6.45, 7) is 2.41. The average Bonchev–Trinajstić information content (AvgIpc) is 3.28. The molecule has 3 aromatic rings. The number of carbonyl (C=O) groups excluding carboxylic acids is 3. The number of aliphatic hydroxyl groups excluding tert-OH is 1. The number of aliphatic hydroxyl groups is 1. The molecule has 1 aliphatic heterocycles. The summed E-state index contributed by atoms with van der Waals surface area (Å²) in [4.78, 5) is 40.4. The number of nitrogens with zero attached hydrogens (tertiary/aromatic N) is 4. The van der Waals surface area contributed by atoms with Crippen LogP contribution in [0.25, 0.3) is 5.69 Å². The third-order valence-electron chi connectivity index (χ3n) is 6.62. The minimum atomic E-state index is -0.641. The van der Waals surface area contributed by atoms with Crippen molar-refractivity contribution in [3.05, 3.63) is 65.5 Å². The van der Waals surface area contributed by atoms with Gasteiger partial charge in [-0.15, -0.1) is 0 Å². The lowest BCUT2D eigenvalue weighted by atomic mass is 10.1. The Kier molecular flexibility index (Phi) is 8.75. The standard InChI is InChI=1S/C28H32N4O6/c1-20-25(27(28(36)38-18-17-33)29-32(20)23-10-12-24(37-2)13-11-23)14-16-30(19-34)21-6-8-22(9-7-21)31-15-4-3-5-26(31)35/h6-13,19,33H,3-5,14-18H2,1-2H3. The molecule has 10 heteroatoms. The monoisotopic (exact) mass is 520 g/mol. The molecule has 2 amide bonds. The van der Waals surface area contributed by atoms with Crippen molar-refractivity contribution in [3.8, 4) is 11.4 Å². The molecule has 4 rings (SSSR count). The molecule has 0 unspecified atom stereocenters. The van der Waals surface area contributed by atoms with Gasteiger partial charge in [0.2, 0.25) is 12.3 Å². The van der Waals surface area contributed by atoms with Crippen LogP contribution in [0.2, 0.25) is 0 Å². The second kappa shape index (κ2) is 12.4. The molecule has 0 spiro atoms. The zero-order valence-corrected chi connectivity index (χ0v) is 21.6. The van der Waals surface area contributed by atoms with E-state index in [1.807, 2.05) is 43.3 Å². The molecule has 0 saturated carbocycles. The largest absolute Gasteiger partial charge is 0.497 e. The number of aromatic nitrogens is 2. The van der Waals surface area contributed by atoms with E-state index in [0.717, 1.165) is 36.3 Å². The average molecular weight is 521 g/mol. The molecule has 1 N–H and O–H groups in total. The van der Waals surface area contributed by atoms with E-state index in [2.05, 4.69) is 5.10 Å². The van der Waals surface area contributed by atoms with Crippen LogP contribution in [0.5, 0.6) is 5.75 Å². The van der Waals surface area contributed by atoms with Crippen LogP contribution in [0.3, 0.4) is 0 Å². The first kappa shape index (κ1) is 26.9. The Hall–Kier alpha value is -4.18. The van der Waals surface area contributed by atoms with Crippen LogP contribution in [0.4, 0.5) is 11.4 Å². The molecule has 38 heavy (non-hydrogen) atoms. The van der Waals surface area contributed by atoms with E-state index in [1.165, 1.54) is 0 Å². The van der Waals surface area contributed by atoms with Crippen molar-refractivity contribution >= 4 is 29.7 Å². The summed E-state index contributed by atoms with van der Waals surface area (Å²) < 4.78 is 12.0. The predicted molar refractivity (Wildman–Crippen MR) is 142 cm³/mol. The van der Waals surface area contributed by atoms with E-state index in [1.54, 1.807) is 33.7 Å². The zero-order chi connectivity index (χ0) is 27.1. The van der Waals surface area contributed by atoms with Gasteiger partial charge in [-0.1, -0.05) is 0 Å². The topological polar surface area (TPSA) is 114 Å². The summed E-state index contributed by atoms with van der Waals surface area (Å²) in [5.74, 6) is 0.164. The van der Waals surface area contributed by atoms with Gasteiger partial charge in [-0.05, 0) is 74.7 Å². The highest BCUT2D eigenvalue weighted by atomic mass is 16.5. The Morgan fingerprint density at radius 1 is 1.11 bits per heavy atom. The molecule has 0 radical (unpaired) electrons. The minimum Gasteiger partial charge on any atom is -0.497 e. The molecular weight excluding hydrogens is 488 g/mol. The Labute approximate surface area is 221 Å². The SMILES string of the molecule is COc1ccc(-n2nc(C(=O)OCCO)c(CCN(C=O)c3ccc(N4CCCCC4=O)cc3)c2C)cc1. The Morgan fingerprint density at radius 3 is 2.45 bits per heavy atom. The van der Waals surface area contributed by atoms with E-state index in [0.29, 0.717) is 42.9 Å². The number of rotatable bonds is 11. The van der Waals surface area contributed by atoms with Gasteiger partial charge in [0.15, 0.2) is 5.69 Å². The van der Waals surface area contributed by atoms with E-state index in [4.69, 9.17) is 14.6 Å². The van der Waals surface area contributed by atoms with Gasteiger partial charge in [0, 0.05) is 42.1 Å². The van der Waals surface area contributed by atoms with Crippen molar-refractivity contribution in [2.45, 2.75) is 32.6 Å². The van der Waals surface area contributed by atoms with Crippen molar-refractivity contribution in [1.82, 2.24) is 9.78 Å². The number of amides is 2. The molecule has 0 aliphatic carbocycles. The highest BCUT2D eigenvalue weighted by Gasteiger charge is 2.24. The van der Waals surface area contributed by atoms with Crippen LogP contribution in [0, 0.1) is 6.92 Å². The van der Waals surface area contributed by atoms with Crippen molar-refractivity contribution in [1.29, 1.82) is 0 Å². The van der Waals surface area contributed by atoms with Crippen LogP contribution in [0.15, 0.2) is 48.5 Å². The Balaban J connectivity index is 1.56. The first-order valence-electron chi connectivity index (χ1n) is 12.6. The fourth-order valence-electron chi connectivity index (χ4n) is 4.56. The lowest BCUT2D eigenvalue weighted by Gasteiger charge is -2.27. The quantitative estimate of drug-likeness (QED) is 0.305. The van der Waals surface area contributed by atoms with Gasteiger partial charge < -0.3 is 24.4 Å². The number of piperidine rings is 1. The van der Waals surface area contributed by atoms with Gasteiger partial charge in [-0.3, -0.25) is 9.59 Å². The molecule has 0 atom stereocenters. The number of esters is 1. The summed E-state index contributed by atoms with van der Waals surface area (Å²) in [7, 11) is 1.58.